The third-order valence-electron chi connectivity index (χ3n) is 6.68. The molecule has 0 bridgehead atoms. The van der Waals surface area contributed by atoms with Gasteiger partial charge in [0, 0.05) is 8.07 Å². The van der Waals surface area contributed by atoms with E-state index in [1.165, 1.54) is 37.8 Å². The van der Waals surface area contributed by atoms with Crippen LogP contribution in [0.4, 0.5) is 0 Å². The topological polar surface area (TPSA) is 0 Å². The van der Waals surface area contributed by atoms with Gasteiger partial charge in [-0.25, -0.2) is 6.08 Å². The molecule has 3 aromatic carbocycles. The van der Waals surface area contributed by atoms with Crippen molar-refractivity contribution in [1.29, 1.82) is 0 Å². The first-order valence-electron chi connectivity index (χ1n) is 13.2. The van der Waals surface area contributed by atoms with Crippen LogP contribution in [0.1, 0.15) is 49.3 Å². The normalized spacial score (nSPS) is 15.4. The Morgan fingerprint density at radius 3 is 1.46 bits per heavy atom. The Kier molecular flexibility index (Phi) is 15.9. The molecule has 37 heavy (non-hydrogen) atoms. The molecule has 1 unspecified atom stereocenters. The first kappa shape index (κ1) is 32.7. The molecule has 0 spiro atoms. The van der Waals surface area contributed by atoms with Gasteiger partial charge in [-0.15, -0.1) is 36.4 Å². The maximum atomic E-state index is 3.72. The molecule has 3 aromatic rings. The molecule has 1 atom stereocenters. The van der Waals surface area contributed by atoms with Crippen LogP contribution < -0.4 is 0 Å². The van der Waals surface area contributed by atoms with Gasteiger partial charge in [-0.1, -0.05) is 75.5 Å². The summed E-state index contributed by atoms with van der Waals surface area (Å²) in [6.45, 7) is 18.6. The summed E-state index contributed by atoms with van der Waals surface area (Å²) in [4.78, 5) is 0. The van der Waals surface area contributed by atoms with Crippen molar-refractivity contribution >= 4 is 8.07 Å². The second-order valence-electron chi connectivity index (χ2n) is 10.3. The molecule has 0 aliphatic heterocycles. The van der Waals surface area contributed by atoms with Crippen LogP contribution >= 0.6 is 0 Å². The van der Waals surface area contributed by atoms with E-state index in [0.29, 0.717) is 5.92 Å². The maximum Gasteiger partial charge on any atom is 4.00 e. The van der Waals surface area contributed by atoms with Gasteiger partial charge in [0.05, 0.1) is 0 Å². The Morgan fingerprint density at radius 2 is 1.11 bits per heavy atom. The van der Waals surface area contributed by atoms with Gasteiger partial charge in [-0.3, -0.25) is 6.08 Å². The zero-order chi connectivity index (χ0) is 26.2. The van der Waals surface area contributed by atoms with Crippen molar-refractivity contribution in [2.24, 2.45) is 5.92 Å². The van der Waals surface area contributed by atoms with Gasteiger partial charge in [0.15, 0.2) is 0 Å². The van der Waals surface area contributed by atoms with Gasteiger partial charge < -0.3 is 0 Å². The molecule has 0 N–H and O–H groups in total. The molecule has 2 heteroatoms. The molecular formula is C35H44SiTi. The van der Waals surface area contributed by atoms with E-state index >= 15 is 0 Å². The van der Waals surface area contributed by atoms with E-state index in [2.05, 4.69) is 52.9 Å². The van der Waals surface area contributed by atoms with Crippen molar-refractivity contribution in [2.45, 2.75) is 57.8 Å². The Labute approximate surface area is 244 Å². The van der Waals surface area contributed by atoms with E-state index in [-0.39, 0.29) is 21.7 Å². The van der Waals surface area contributed by atoms with Crippen LogP contribution in [0.3, 0.4) is 0 Å². The third-order valence-corrected chi connectivity index (χ3v) is 10.1. The number of hydrogen-bond donors (Lipinski definition) is 0. The molecule has 0 aromatic heterocycles. The van der Waals surface area contributed by atoms with Crippen LogP contribution in [0.2, 0.25) is 25.2 Å². The molecule has 0 amide bonds. The van der Waals surface area contributed by atoms with Crippen LogP contribution in [0, 0.1) is 32.8 Å². The summed E-state index contributed by atoms with van der Waals surface area (Å²) in [5.41, 5.74) is 6.62. The standard InChI is InChI=1S/C14H23Si.3C7H7.Ti/c1-4-15(2,3)11-13-10-9-12-7-5-6-8-14(12)13;3*1-7-5-3-2-4-6-7;/h9,13H,4-8,11H2,1-3H3;3*2-6H,1H2;/q4*-1;+4. The Balaban J connectivity index is 0.000000264. The summed E-state index contributed by atoms with van der Waals surface area (Å²) in [6, 6.07) is 32.5. The van der Waals surface area contributed by atoms with Crippen molar-refractivity contribution in [2.75, 3.05) is 0 Å². The fraction of sp³-hybridized carbons (Fsp3) is 0.286. The second kappa shape index (κ2) is 18.0. The van der Waals surface area contributed by atoms with Crippen molar-refractivity contribution in [3.8, 4) is 0 Å². The Morgan fingerprint density at radius 1 is 0.703 bits per heavy atom. The van der Waals surface area contributed by atoms with Crippen LogP contribution in [-0.2, 0) is 21.7 Å². The average molecular weight is 541 g/mol. The molecule has 5 rings (SSSR count). The summed E-state index contributed by atoms with van der Waals surface area (Å²) >= 11 is 0. The van der Waals surface area contributed by atoms with Crippen LogP contribution in [0.15, 0.2) is 108 Å². The molecule has 0 radical (unpaired) electrons. The average Bonchev–Trinajstić information content (AvgIpc) is 3.29. The van der Waals surface area contributed by atoms with E-state index in [1.807, 2.05) is 91.0 Å². The van der Waals surface area contributed by atoms with Gasteiger partial charge in [0.1, 0.15) is 0 Å². The van der Waals surface area contributed by atoms with E-state index in [4.69, 9.17) is 0 Å². The molecule has 192 valence electrons. The maximum absolute atomic E-state index is 3.72. The molecule has 0 heterocycles. The van der Waals surface area contributed by atoms with Gasteiger partial charge >= 0.3 is 21.7 Å². The largest absolute Gasteiger partial charge is 4.00 e. The summed E-state index contributed by atoms with van der Waals surface area (Å²) in [7, 11) is -0.935. The van der Waals surface area contributed by atoms with Crippen molar-refractivity contribution < 1.29 is 21.7 Å². The number of hydrogen-bond acceptors (Lipinski definition) is 0. The minimum atomic E-state index is -0.935. The first-order valence-corrected chi connectivity index (χ1v) is 16.6. The van der Waals surface area contributed by atoms with E-state index in [1.54, 1.807) is 11.1 Å². The van der Waals surface area contributed by atoms with Crippen molar-refractivity contribution in [3.63, 3.8) is 0 Å². The predicted octanol–water partition coefficient (Wildman–Crippen LogP) is 10.2. The molecular weight excluding hydrogens is 496 g/mol. The van der Waals surface area contributed by atoms with Crippen molar-refractivity contribution in [3.05, 3.63) is 152 Å². The summed E-state index contributed by atoms with van der Waals surface area (Å²) in [6.07, 6.45) is 11.4. The molecule has 0 nitrogen and oxygen atoms in total. The minimum Gasteiger partial charge on any atom is -0.269 e. The van der Waals surface area contributed by atoms with Crippen LogP contribution in [-0.4, -0.2) is 8.07 Å². The first-order chi connectivity index (χ1) is 17.3. The fourth-order valence-electron chi connectivity index (χ4n) is 4.13. The van der Waals surface area contributed by atoms with E-state index in [0.717, 1.165) is 16.7 Å². The number of allylic oxidation sites excluding steroid dienone is 4. The monoisotopic (exact) mass is 540 g/mol. The number of benzene rings is 3. The molecule has 2 aliphatic carbocycles. The third kappa shape index (κ3) is 13.7. The molecule has 0 fully saturated rings. The molecule has 0 saturated carbocycles. The predicted molar refractivity (Wildman–Crippen MR) is 162 cm³/mol. The zero-order valence-electron chi connectivity index (χ0n) is 23.2. The summed E-state index contributed by atoms with van der Waals surface area (Å²) in [5, 5.41) is 0. The van der Waals surface area contributed by atoms with Gasteiger partial charge in [0.2, 0.25) is 0 Å². The number of rotatable bonds is 3. The quantitative estimate of drug-likeness (QED) is 0.229. The van der Waals surface area contributed by atoms with Gasteiger partial charge in [0.25, 0.3) is 0 Å². The van der Waals surface area contributed by atoms with Crippen LogP contribution in [0.5, 0.6) is 0 Å². The zero-order valence-corrected chi connectivity index (χ0v) is 25.7. The van der Waals surface area contributed by atoms with Gasteiger partial charge in [-0.2, -0.15) is 85.0 Å². The van der Waals surface area contributed by atoms with E-state index in [9.17, 15) is 0 Å². The SMILES string of the molecule is CC[Si](C)(C)CC1[C-]=CC2=C1CCCC2.[CH2-]c1ccccc1.[CH2-]c1ccccc1.[CH2-]c1ccccc1.[Ti+4]. The summed E-state index contributed by atoms with van der Waals surface area (Å²) < 4.78 is 0. The molecule has 2 aliphatic rings. The van der Waals surface area contributed by atoms with Crippen molar-refractivity contribution in [1.82, 2.24) is 0 Å². The van der Waals surface area contributed by atoms with E-state index < -0.39 is 8.07 Å². The molecule has 0 saturated heterocycles. The Hall–Kier alpha value is -2.32. The summed E-state index contributed by atoms with van der Waals surface area (Å²) in [5.74, 6) is 0.710. The minimum absolute atomic E-state index is 0. The van der Waals surface area contributed by atoms with Gasteiger partial charge in [-0.05, 0) is 6.42 Å². The van der Waals surface area contributed by atoms with Crippen LogP contribution in [0.25, 0.3) is 0 Å². The smallest absolute Gasteiger partial charge is 0.269 e. The fourth-order valence-corrected chi connectivity index (χ4v) is 5.89. The second-order valence-corrected chi connectivity index (χ2v) is 15.7. The Bertz CT molecular complexity index is 947.